The molecule has 3 aromatic heterocycles. The largest absolute Gasteiger partial charge is 0.468 e. The lowest BCUT2D eigenvalue weighted by atomic mass is 10.3. The number of ether oxygens (including phenoxy) is 1. The van der Waals surface area contributed by atoms with Crippen LogP contribution in [0.15, 0.2) is 42.7 Å². The predicted molar refractivity (Wildman–Crippen MR) is 72.8 cm³/mol. The smallest absolute Gasteiger partial charge is 0.325 e. The fourth-order valence-electron chi connectivity index (χ4n) is 1.99. The summed E-state index contributed by atoms with van der Waals surface area (Å²) in [6, 6.07) is 9.20. The maximum Gasteiger partial charge on any atom is 0.325 e. The Bertz CT molecular complexity index is 752. The van der Waals surface area contributed by atoms with Gasteiger partial charge in [-0.1, -0.05) is 6.07 Å². The second-order valence-electron chi connectivity index (χ2n) is 4.16. The zero-order valence-electron chi connectivity index (χ0n) is 10.9. The Morgan fingerprint density at radius 3 is 2.80 bits per heavy atom. The zero-order valence-corrected chi connectivity index (χ0v) is 10.9. The van der Waals surface area contributed by atoms with E-state index in [1.165, 1.54) is 7.11 Å². The molecule has 0 amide bonds. The number of fused-ring (bicyclic) bond motifs is 1. The van der Waals surface area contributed by atoms with Crippen LogP contribution in [0.25, 0.3) is 22.7 Å². The van der Waals surface area contributed by atoms with Crippen molar-refractivity contribution in [3.05, 3.63) is 42.7 Å². The molecule has 3 heterocycles. The number of nitrogens with zero attached hydrogens (tertiary/aromatic N) is 4. The normalized spacial score (nSPS) is 10.7. The average Bonchev–Trinajstić information content (AvgIpc) is 2.87. The van der Waals surface area contributed by atoms with Crippen molar-refractivity contribution in [1.82, 2.24) is 19.5 Å². The summed E-state index contributed by atoms with van der Waals surface area (Å²) in [5.41, 5.74) is 2.05. The standard InChI is InChI=1S/C14H12N4O2/c1-20-12(19)9-18-13-11(6-4-8-16-13)17-14(18)10-5-2-3-7-15-10/h2-8H,9H2,1H3. The first kappa shape index (κ1) is 12.3. The van der Waals surface area contributed by atoms with E-state index >= 15 is 0 Å². The van der Waals surface area contributed by atoms with Crippen molar-refractivity contribution in [3.63, 3.8) is 0 Å². The van der Waals surface area contributed by atoms with Crippen LogP contribution in [0.1, 0.15) is 0 Å². The van der Waals surface area contributed by atoms with Gasteiger partial charge in [-0.05, 0) is 24.3 Å². The molecular formula is C14H12N4O2. The maximum atomic E-state index is 11.6. The van der Waals surface area contributed by atoms with Gasteiger partial charge in [0.1, 0.15) is 17.8 Å². The van der Waals surface area contributed by atoms with Gasteiger partial charge in [-0.2, -0.15) is 0 Å². The average molecular weight is 268 g/mol. The zero-order chi connectivity index (χ0) is 13.9. The van der Waals surface area contributed by atoms with Crippen LogP contribution in [0.4, 0.5) is 0 Å². The first-order valence-corrected chi connectivity index (χ1v) is 6.09. The summed E-state index contributed by atoms with van der Waals surface area (Å²) in [6.45, 7) is 0.0515. The van der Waals surface area contributed by atoms with Gasteiger partial charge in [0, 0.05) is 12.4 Å². The Morgan fingerprint density at radius 1 is 1.20 bits per heavy atom. The van der Waals surface area contributed by atoms with Crippen LogP contribution in [0.5, 0.6) is 0 Å². The molecule has 0 bridgehead atoms. The molecule has 0 saturated heterocycles. The Morgan fingerprint density at radius 2 is 2.05 bits per heavy atom. The van der Waals surface area contributed by atoms with Gasteiger partial charge < -0.3 is 4.74 Å². The molecule has 0 spiro atoms. The monoisotopic (exact) mass is 268 g/mol. The van der Waals surface area contributed by atoms with E-state index in [0.29, 0.717) is 17.2 Å². The molecule has 0 atom stereocenters. The van der Waals surface area contributed by atoms with E-state index in [-0.39, 0.29) is 12.5 Å². The van der Waals surface area contributed by atoms with Crippen LogP contribution in [0.2, 0.25) is 0 Å². The molecule has 0 fully saturated rings. The molecule has 6 nitrogen and oxygen atoms in total. The maximum absolute atomic E-state index is 11.6. The van der Waals surface area contributed by atoms with Gasteiger partial charge in [-0.25, -0.2) is 9.97 Å². The minimum Gasteiger partial charge on any atom is -0.468 e. The molecule has 20 heavy (non-hydrogen) atoms. The van der Waals surface area contributed by atoms with E-state index in [0.717, 1.165) is 5.52 Å². The van der Waals surface area contributed by atoms with Gasteiger partial charge in [0.15, 0.2) is 11.5 Å². The molecule has 3 aromatic rings. The van der Waals surface area contributed by atoms with Crippen molar-refractivity contribution in [1.29, 1.82) is 0 Å². The van der Waals surface area contributed by atoms with Crippen molar-refractivity contribution < 1.29 is 9.53 Å². The third kappa shape index (κ3) is 2.11. The molecule has 0 radical (unpaired) electrons. The minimum absolute atomic E-state index is 0.0515. The number of carbonyl (C=O) groups excluding carboxylic acids is 1. The summed E-state index contributed by atoms with van der Waals surface area (Å²) >= 11 is 0. The van der Waals surface area contributed by atoms with Crippen LogP contribution in [-0.4, -0.2) is 32.6 Å². The van der Waals surface area contributed by atoms with Gasteiger partial charge >= 0.3 is 5.97 Å². The first-order valence-electron chi connectivity index (χ1n) is 6.09. The number of hydrogen-bond donors (Lipinski definition) is 0. The number of carbonyl (C=O) groups is 1. The quantitative estimate of drug-likeness (QED) is 0.676. The van der Waals surface area contributed by atoms with Crippen molar-refractivity contribution in [2.75, 3.05) is 7.11 Å². The van der Waals surface area contributed by atoms with E-state index in [1.54, 1.807) is 23.0 Å². The third-order valence-electron chi connectivity index (χ3n) is 2.91. The number of esters is 1. The van der Waals surface area contributed by atoms with Gasteiger partial charge in [-0.3, -0.25) is 14.3 Å². The molecule has 100 valence electrons. The Labute approximate surface area is 115 Å². The molecule has 6 heteroatoms. The summed E-state index contributed by atoms with van der Waals surface area (Å²) in [6.07, 6.45) is 3.35. The summed E-state index contributed by atoms with van der Waals surface area (Å²) in [7, 11) is 1.36. The Balaban J connectivity index is 2.20. The summed E-state index contributed by atoms with van der Waals surface area (Å²) < 4.78 is 6.44. The van der Waals surface area contributed by atoms with E-state index in [1.807, 2.05) is 24.3 Å². The van der Waals surface area contributed by atoms with Crippen molar-refractivity contribution in [3.8, 4) is 11.5 Å². The van der Waals surface area contributed by atoms with Gasteiger partial charge in [-0.15, -0.1) is 0 Å². The molecule has 0 aromatic carbocycles. The van der Waals surface area contributed by atoms with Gasteiger partial charge in [0.05, 0.1) is 7.11 Å². The van der Waals surface area contributed by atoms with Gasteiger partial charge in [0.2, 0.25) is 0 Å². The Kier molecular flexibility index (Phi) is 3.12. The van der Waals surface area contributed by atoms with E-state index in [9.17, 15) is 4.79 Å². The highest BCUT2D eigenvalue weighted by Crippen LogP contribution is 2.21. The second-order valence-corrected chi connectivity index (χ2v) is 4.16. The van der Waals surface area contributed by atoms with Crippen LogP contribution in [-0.2, 0) is 16.1 Å². The summed E-state index contributed by atoms with van der Waals surface area (Å²) in [5.74, 6) is 0.247. The summed E-state index contributed by atoms with van der Waals surface area (Å²) in [5, 5.41) is 0. The molecule has 0 aliphatic carbocycles. The molecule has 0 unspecified atom stereocenters. The molecule has 0 N–H and O–H groups in total. The second kappa shape index (κ2) is 5.08. The predicted octanol–water partition coefficient (Wildman–Crippen LogP) is 1.67. The van der Waals surface area contributed by atoms with Crippen molar-refractivity contribution in [2.24, 2.45) is 0 Å². The topological polar surface area (TPSA) is 69.9 Å². The third-order valence-corrected chi connectivity index (χ3v) is 2.91. The molecule has 0 aliphatic rings. The first-order chi connectivity index (χ1) is 9.79. The summed E-state index contributed by atoms with van der Waals surface area (Å²) in [4.78, 5) is 24.6. The van der Waals surface area contributed by atoms with Crippen molar-refractivity contribution >= 4 is 17.1 Å². The highest BCUT2D eigenvalue weighted by Gasteiger charge is 2.16. The molecule has 3 rings (SSSR count). The lowest BCUT2D eigenvalue weighted by Gasteiger charge is -2.06. The van der Waals surface area contributed by atoms with E-state index < -0.39 is 0 Å². The van der Waals surface area contributed by atoms with Crippen LogP contribution in [0, 0.1) is 0 Å². The van der Waals surface area contributed by atoms with E-state index in [4.69, 9.17) is 4.74 Å². The number of rotatable bonds is 3. The van der Waals surface area contributed by atoms with Crippen molar-refractivity contribution in [2.45, 2.75) is 6.54 Å². The van der Waals surface area contributed by atoms with Crippen LogP contribution >= 0.6 is 0 Å². The number of hydrogen-bond acceptors (Lipinski definition) is 5. The van der Waals surface area contributed by atoms with Crippen LogP contribution < -0.4 is 0 Å². The fourth-order valence-corrected chi connectivity index (χ4v) is 1.99. The Hall–Kier alpha value is -2.76. The highest BCUT2D eigenvalue weighted by atomic mass is 16.5. The van der Waals surface area contributed by atoms with Gasteiger partial charge in [0.25, 0.3) is 0 Å². The number of aromatic nitrogens is 4. The lowest BCUT2D eigenvalue weighted by Crippen LogP contribution is -2.13. The van der Waals surface area contributed by atoms with Crippen LogP contribution in [0.3, 0.4) is 0 Å². The molecular weight excluding hydrogens is 256 g/mol. The lowest BCUT2D eigenvalue weighted by molar-refractivity contribution is -0.141. The fraction of sp³-hybridized carbons (Fsp3) is 0.143. The number of pyridine rings is 2. The molecule has 0 saturated carbocycles. The number of imidazole rings is 1. The molecule has 0 aliphatic heterocycles. The highest BCUT2D eigenvalue weighted by molar-refractivity contribution is 5.79. The minimum atomic E-state index is -0.355. The van der Waals surface area contributed by atoms with E-state index in [2.05, 4.69) is 15.0 Å². The SMILES string of the molecule is COC(=O)Cn1c(-c2ccccn2)nc2cccnc21. The number of methoxy groups -OCH3 is 1.